The van der Waals surface area contributed by atoms with Gasteiger partial charge in [0.15, 0.2) is 0 Å². The lowest BCUT2D eigenvalue weighted by atomic mass is 10.1. The van der Waals surface area contributed by atoms with Crippen LogP contribution in [0.3, 0.4) is 0 Å². The molecule has 164 valence electrons. The van der Waals surface area contributed by atoms with E-state index in [1.807, 2.05) is 60.1 Å². The molecule has 0 bridgehead atoms. The maximum atomic E-state index is 12.9. The molecular weight excluding hydrogens is 408 g/mol. The highest BCUT2D eigenvalue weighted by Gasteiger charge is 2.21. The number of hydrogen-bond acceptors (Lipinski definition) is 3. The Morgan fingerprint density at radius 1 is 1.10 bits per heavy atom. The summed E-state index contributed by atoms with van der Waals surface area (Å²) in [4.78, 5) is 15.4. The van der Waals surface area contributed by atoms with Crippen molar-refractivity contribution in [3.8, 4) is 11.3 Å². The third kappa shape index (κ3) is 5.28. The molecule has 1 N–H and O–H groups in total. The number of carbonyl (C=O) groups is 1. The number of likely N-dealkylation sites (tertiary alicyclic amines) is 1. The lowest BCUT2D eigenvalue weighted by Gasteiger charge is -2.20. The molecule has 0 saturated carbocycles. The number of nitrogens with one attached hydrogen (secondary N) is 1. The van der Waals surface area contributed by atoms with Gasteiger partial charge >= 0.3 is 0 Å². The minimum absolute atomic E-state index is 0.00479. The summed E-state index contributed by atoms with van der Waals surface area (Å²) in [6.07, 6.45) is 6.26. The Labute approximate surface area is 189 Å². The molecule has 1 amide bonds. The minimum Gasteiger partial charge on any atom is -0.354 e. The molecule has 0 unspecified atom stereocenters. The zero-order chi connectivity index (χ0) is 21.6. The van der Waals surface area contributed by atoms with Crippen molar-refractivity contribution in [3.63, 3.8) is 0 Å². The second kappa shape index (κ2) is 10.3. The first kappa shape index (κ1) is 21.8. The van der Waals surface area contributed by atoms with Crippen LogP contribution in [0.5, 0.6) is 0 Å². The Morgan fingerprint density at radius 2 is 1.84 bits per heavy atom. The Balaban J connectivity index is 1.44. The first-order chi connectivity index (χ1) is 15.1. The molecule has 5 nitrogen and oxygen atoms in total. The van der Waals surface area contributed by atoms with E-state index in [1.165, 1.54) is 38.8 Å². The third-order valence-electron chi connectivity index (χ3n) is 6.11. The molecule has 1 fully saturated rings. The van der Waals surface area contributed by atoms with Crippen molar-refractivity contribution in [2.24, 2.45) is 0 Å². The van der Waals surface area contributed by atoms with E-state index in [9.17, 15) is 4.79 Å². The standard InChI is InChI=1S/C25H31ClN4O/c1-19(25(31)27-14-9-17-29-15-7-2-3-8-16-29)30-23-13-12-21(26)18-22(23)24(28-30)20-10-5-4-6-11-20/h4-6,10-13,18-19H,2-3,7-9,14-17H2,1H3,(H,27,31)/t19-/m0/s1. The van der Waals surface area contributed by atoms with E-state index in [0.29, 0.717) is 11.6 Å². The molecule has 1 atom stereocenters. The Kier molecular flexibility index (Phi) is 7.25. The number of amides is 1. The average molecular weight is 439 g/mol. The molecule has 0 spiro atoms. The van der Waals surface area contributed by atoms with Crippen LogP contribution in [0.1, 0.15) is 45.1 Å². The summed E-state index contributed by atoms with van der Waals surface area (Å²) < 4.78 is 1.82. The monoisotopic (exact) mass is 438 g/mol. The number of aromatic nitrogens is 2. The van der Waals surface area contributed by atoms with E-state index in [0.717, 1.165) is 35.1 Å². The molecule has 31 heavy (non-hydrogen) atoms. The molecule has 2 heterocycles. The van der Waals surface area contributed by atoms with Crippen molar-refractivity contribution in [1.29, 1.82) is 0 Å². The number of fused-ring (bicyclic) bond motifs is 1. The second-order valence-electron chi connectivity index (χ2n) is 8.40. The van der Waals surface area contributed by atoms with Gasteiger partial charge in [-0.2, -0.15) is 5.10 Å². The number of benzene rings is 2. The highest BCUT2D eigenvalue weighted by atomic mass is 35.5. The second-order valence-corrected chi connectivity index (χ2v) is 8.83. The molecule has 1 aromatic heterocycles. The fraction of sp³-hybridized carbons (Fsp3) is 0.440. The Bertz CT molecular complexity index is 1010. The van der Waals surface area contributed by atoms with Gasteiger partial charge in [0.2, 0.25) is 5.91 Å². The Hall–Kier alpha value is -2.37. The molecule has 0 radical (unpaired) electrons. The largest absolute Gasteiger partial charge is 0.354 e. The number of rotatable bonds is 7. The third-order valence-corrected chi connectivity index (χ3v) is 6.35. The molecule has 3 aromatic rings. The normalized spacial score (nSPS) is 16.2. The lowest BCUT2D eigenvalue weighted by Crippen LogP contribution is -2.34. The topological polar surface area (TPSA) is 50.2 Å². The summed E-state index contributed by atoms with van der Waals surface area (Å²) in [6.45, 7) is 6.02. The van der Waals surface area contributed by atoms with Crippen LogP contribution in [-0.2, 0) is 4.79 Å². The van der Waals surface area contributed by atoms with Crippen LogP contribution >= 0.6 is 11.6 Å². The molecule has 4 rings (SSSR count). The van der Waals surface area contributed by atoms with Gasteiger partial charge in [-0.05, 0) is 64.0 Å². The summed E-state index contributed by atoms with van der Waals surface area (Å²) >= 11 is 6.27. The van der Waals surface area contributed by atoms with Crippen molar-refractivity contribution in [2.75, 3.05) is 26.2 Å². The van der Waals surface area contributed by atoms with Crippen LogP contribution in [0.2, 0.25) is 5.02 Å². The van der Waals surface area contributed by atoms with E-state index < -0.39 is 6.04 Å². The highest BCUT2D eigenvalue weighted by molar-refractivity contribution is 6.31. The summed E-state index contributed by atoms with van der Waals surface area (Å²) in [6, 6.07) is 15.3. The minimum atomic E-state index is -0.403. The fourth-order valence-corrected chi connectivity index (χ4v) is 4.52. The van der Waals surface area contributed by atoms with Gasteiger partial charge in [0.05, 0.1) is 5.52 Å². The first-order valence-corrected chi connectivity index (χ1v) is 11.7. The lowest BCUT2D eigenvalue weighted by molar-refractivity contribution is -0.124. The van der Waals surface area contributed by atoms with Crippen molar-refractivity contribution < 1.29 is 4.79 Å². The van der Waals surface area contributed by atoms with Gasteiger partial charge < -0.3 is 10.2 Å². The quantitative estimate of drug-likeness (QED) is 0.509. The summed E-state index contributed by atoms with van der Waals surface area (Å²) in [7, 11) is 0. The molecule has 1 aliphatic rings. The maximum Gasteiger partial charge on any atom is 0.244 e. The van der Waals surface area contributed by atoms with Crippen molar-refractivity contribution in [2.45, 2.75) is 45.1 Å². The SMILES string of the molecule is C[C@@H](C(=O)NCCCN1CCCCCC1)n1nc(-c2ccccc2)c2cc(Cl)ccc21. The molecular formula is C25H31ClN4O. The van der Waals surface area contributed by atoms with Gasteiger partial charge in [0.25, 0.3) is 0 Å². The van der Waals surface area contributed by atoms with Crippen LogP contribution in [0.4, 0.5) is 0 Å². The van der Waals surface area contributed by atoms with Crippen LogP contribution in [0, 0.1) is 0 Å². The van der Waals surface area contributed by atoms with E-state index in [4.69, 9.17) is 16.7 Å². The molecule has 1 aliphatic heterocycles. The number of hydrogen-bond donors (Lipinski definition) is 1. The molecule has 0 aliphatic carbocycles. The van der Waals surface area contributed by atoms with E-state index in [2.05, 4.69) is 10.2 Å². The maximum absolute atomic E-state index is 12.9. The predicted molar refractivity (Wildman–Crippen MR) is 127 cm³/mol. The van der Waals surface area contributed by atoms with Crippen molar-refractivity contribution >= 4 is 28.4 Å². The predicted octanol–water partition coefficient (Wildman–Crippen LogP) is 5.30. The van der Waals surface area contributed by atoms with Gasteiger partial charge in [-0.3, -0.25) is 9.48 Å². The van der Waals surface area contributed by atoms with Gasteiger partial charge in [-0.25, -0.2) is 0 Å². The van der Waals surface area contributed by atoms with Crippen LogP contribution in [0.15, 0.2) is 48.5 Å². The average Bonchev–Trinajstić information content (AvgIpc) is 2.96. The number of halogens is 1. The van der Waals surface area contributed by atoms with Crippen LogP contribution < -0.4 is 5.32 Å². The van der Waals surface area contributed by atoms with Gasteiger partial charge in [-0.15, -0.1) is 0 Å². The van der Waals surface area contributed by atoms with Crippen molar-refractivity contribution in [1.82, 2.24) is 20.0 Å². The molecule has 1 saturated heterocycles. The molecule has 2 aromatic carbocycles. The summed E-state index contributed by atoms with van der Waals surface area (Å²) in [5, 5.41) is 9.55. The summed E-state index contributed by atoms with van der Waals surface area (Å²) in [5.74, 6) is -0.00479. The highest BCUT2D eigenvalue weighted by Crippen LogP contribution is 2.31. The van der Waals surface area contributed by atoms with Crippen molar-refractivity contribution in [3.05, 3.63) is 53.6 Å². The van der Waals surface area contributed by atoms with Crippen LogP contribution in [0.25, 0.3) is 22.2 Å². The zero-order valence-corrected chi connectivity index (χ0v) is 18.9. The Morgan fingerprint density at radius 3 is 2.58 bits per heavy atom. The zero-order valence-electron chi connectivity index (χ0n) is 18.2. The van der Waals surface area contributed by atoms with Gasteiger partial charge in [0.1, 0.15) is 11.7 Å². The summed E-state index contributed by atoms with van der Waals surface area (Å²) in [5.41, 5.74) is 2.77. The molecule has 6 heteroatoms. The smallest absolute Gasteiger partial charge is 0.244 e. The number of carbonyl (C=O) groups excluding carboxylic acids is 1. The first-order valence-electron chi connectivity index (χ1n) is 11.4. The van der Waals surface area contributed by atoms with Gasteiger partial charge in [-0.1, -0.05) is 54.8 Å². The van der Waals surface area contributed by atoms with E-state index >= 15 is 0 Å². The van der Waals surface area contributed by atoms with E-state index in [-0.39, 0.29) is 5.91 Å². The van der Waals surface area contributed by atoms with E-state index in [1.54, 1.807) is 0 Å². The number of nitrogens with zero attached hydrogens (tertiary/aromatic N) is 3. The van der Waals surface area contributed by atoms with Crippen LogP contribution in [-0.4, -0.2) is 46.8 Å². The fourth-order valence-electron chi connectivity index (χ4n) is 4.35. The van der Waals surface area contributed by atoms with Gasteiger partial charge in [0, 0.05) is 22.5 Å².